The lowest BCUT2D eigenvalue weighted by atomic mass is 10.1. The van der Waals surface area contributed by atoms with Gasteiger partial charge < -0.3 is 21.3 Å². The van der Waals surface area contributed by atoms with Crippen molar-refractivity contribution in [2.24, 2.45) is 16.7 Å². The zero-order valence-electron chi connectivity index (χ0n) is 13.1. The van der Waals surface area contributed by atoms with Gasteiger partial charge in [-0.2, -0.15) is 5.10 Å². The molecule has 0 amide bonds. The van der Waals surface area contributed by atoms with Gasteiger partial charge in [0.15, 0.2) is 5.82 Å². The molecule has 0 saturated heterocycles. The van der Waals surface area contributed by atoms with Crippen LogP contribution in [0.25, 0.3) is 16.6 Å². The fourth-order valence-electron chi connectivity index (χ4n) is 2.81. The first-order chi connectivity index (χ1) is 12.2. The monoisotopic (exact) mass is 334 g/mol. The molecule has 25 heavy (non-hydrogen) atoms. The van der Waals surface area contributed by atoms with Crippen LogP contribution in [0.4, 0.5) is 15.9 Å². The van der Waals surface area contributed by atoms with E-state index in [2.05, 4.69) is 15.4 Å². The van der Waals surface area contributed by atoms with Crippen molar-refractivity contribution in [1.82, 2.24) is 9.38 Å². The minimum atomic E-state index is -0.314. The van der Waals surface area contributed by atoms with Crippen molar-refractivity contribution in [3.63, 3.8) is 0 Å². The number of nitrogens with two attached hydrogens (primary N) is 2. The van der Waals surface area contributed by atoms with E-state index in [1.165, 1.54) is 12.1 Å². The predicted octanol–water partition coefficient (Wildman–Crippen LogP) is 2.95. The molecule has 0 atom stereocenters. The topological polar surface area (TPSA) is 93.7 Å². The molecular formula is C18H15FN6. The molecule has 2 aromatic heterocycles. The lowest BCUT2D eigenvalue weighted by Gasteiger charge is -2.11. The molecule has 0 bridgehead atoms. The highest BCUT2D eigenvalue weighted by molar-refractivity contribution is 6.00. The fourth-order valence-corrected chi connectivity index (χ4v) is 2.81. The highest BCUT2D eigenvalue weighted by atomic mass is 19.1. The van der Waals surface area contributed by atoms with Crippen molar-refractivity contribution in [3.05, 3.63) is 72.2 Å². The Morgan fingerprint density at radius 3 is 2.76 bits per heavy atom. The van der Waals surface area contributed by atoms with Crippen LogP contribution in [0.15, 0.2) is 65.9 Å². The maximum atomic E-state index is 13.5. The summed E-state index contributed by atoms with van der Waals surface area (Å²) in [6.07, 6.45) is 1.94. The molecule has 5 N–H and O–H groups in total. The third-order valence-electron chi connectivity index (χ3n) is 3.98. The van der Waals surface area contributed by atoms with E-state index in [9.17, 15) is 4.39 Å². The van der Waals surface area contributed by atoms with Gasteiger partial charge in [-0.25, -0.2) is 9.37 Å². The number of rotatable bonds is 3. The Hall–Kier alpha value is -3.61. The van der Waals surface area contributed by atoms with Gasteiger partial charge in [0, 0.05) is 17.4 Å². The predicted molar refractivity (Wildman–Crippen MR) is 97.3 cm³/mol. The second kappa shape index (κ2) is 5.79. The van der Waals surface area contributed by atoms with Gasteiger partial charge in [-0.3, -0.25) is 0 Å². The van der Waals surface area contributed by atoms with E-state index >= 15 is 0 Å². The zero-order chi connectivity index (χ0) is 17.4. The number of halogens is 1. The quantitative estimate of drug-likeness (QED) is 0.232. The largest absolute Gasteiger partial charge is 0.382 e. The van der Waals surface area contributed by atoms with E-state index in [1.807, 2.05) is 40.9 Å². The van der Waals surface area contributed by atoms with Gasteiger partial charge in [0.2, 0.25) is 0 Å². The molecule has 0 aliphatic carbocycles. The van der Waals surface area contributed by atoms with Crippen molar-refractivity contribution in [1.29, 1.82) is 0 Å². The maximum absolute atomic E-state index is 13.5. The summed E-state index contributed by atoms with van der Waals surface area (Å²) < 4.78 is 15.5. The smallest absolute Gasteiger partial charge is 0.155 e. The summed E-state index contributed by atoms with van der Waals surface area (Å²) in [5.41, 5.74) is 9.60. The van der Waals surface area contributed by atoms with E-state index in [0.29, 0.717) is 22.6 Å². The number of nitrogens with zero attached hydrogens (tertiary/aromatic N) is 3. The number of nitrogens with one attached hydrogen (secondary N) is 1. The molecule has 0 saturated carbocycles. The molecule has 0 radical (unpaired) electrons. The summed E-state index contributed by atoms with van der Waals surface area (Å²) in [7, 11) is 0. The summed E-state index contributed by atoms with van der Waals surface area (Å²) >= 11 is 0. The van der Waals surface area contributed by atoms with Crippen LogP contribution in [-0.2, 0) is 0 Å². The van der Waals surface area contributed by atoms with Crippen molar-refractivity contribution in [3.8, 4) is 0 Å². The van der Waals surface area contributed by atoms with Crippen molar-refractivity contribution in [2.75, 3.05) is 5.32 Å². The SMILES string of the molecule is N/N=C(\N)c1ccc2c(c1)nc(Nc1cccc(F)c1)c1cccn12. The Balaban J connectivity index is 1.91. The minimum absolute atomic E-state index is 0.232. The third-order valence-corrected chi connectivity index (χ3v) is 3.98. The van der Waals surface area contributed by atoms with Crippen molar-refractivity contribution < 1.29 is 4.39 Å². The second-order valence-electron chi connectivity index (χ2n) is 5.58. The number of amidine groups is 1. The van der Waals surface area contributed by atoms with E-state index in [1.54, 1.807) is 12.1 Å². The van der Waals surface area contributed by atoms with Gasteiger partial charge in [-0.05, 0) is 48.5 Å². The second-order valence-corrected chi connectivity index (χ2v) is 5.58. The number of hydrogen-bond acceptors (Lipinski definition) is 4. The first-order valence-electron chi connectivity index (χ1n) is 7.63. The van der Waals surface area contributed by atoms with E-state index in [-0.39, 0.29) is 11.7 Å². The number of hydrogen-bond donors (Lipinski definition) is 3. The molecule has 6 nitrogen and oxygen atoms in total. The van der Waals surface area contributed by atoms with Crippen LogP contribution in [0.5, 0.6) is 0 Å². The molecule has 4 rings (SSSR count). The summed E-state index contributed by atoms with van der Waals surface area (Å²) in [5.74, 6) is 5.79. The number of anilines is 2. The molecule has 0 unspecified atom stereocenters. The third kappa shape index (κ3) is 2.61. The molecule has 2 heterocycles. The summed E-state index contributed by atoms with van der Waals surface area (Å²) in [6.45, 7) is 0. The Labute approximate surface area is 142 Å². The molecule has 0 spiro atoms. The number of aromatic nitrogens is 2. The van der Waals surface area contributed by atoms with Gasteiger partial charge in [0.1, 0.15) is 11.7 Å². The van der Waals surface area contributed by atoms with Gasteiger partial charge in [-0.15, -0.1) is 0 Å². The minimum Gasteiger partial charge on any atom is -0.382 e. The fraction of sp³-hybridized carbons (Fsp3) is 0. The Morgan fingerprint density at radius 2 is 1.96 bits per heavy atom. The zero-order valence-corrected chi connectivity index (χ0v) is 13.1. The number of benzene rings is 2. The van der Waals surface area contributed by atoms with Gasteiger partial charge in [0.25, 0.3) is 0 Å². The highest BCUT2D eigenvalue weighted by Gasteiger charge is 2.10. The van der Waals surface area contributed by atoms with Gasteiger partial charge in [0.05, 0.1) is 16.6 Å². The van der Waals surface area contributed by atoms with Crippen LogP contribution in [0.2, 0.25) is 0 Å². The lowest BCUT2D eigenvalue weighted by Crippen LogP contribution is -2.15. The molecule has 0 fully saturated rings. The number of hydrazone groups is 1. The van der Waals surface area contributed by atoms with Crippen molar-refractivity contribution >= 4 is 33.9 Å². The van der Waals surface area contributed by atoms with Crippen LogP contribution in [-0.4, -0.2) is 15.2 Å². The average molecular weight is 334 g/mol. The average Bonchev–Trinajstić information content (AvgIpc) is 3.11. The standard InChI is InChI=1S/C18H15FN6/c19-12-3-1-4-13(10-12)22-18-16-5-2-8-25(16)15-7-6-11(17(20)24-21)9-14(15)23-18/h1-10H,21H2,(H2,20,24)(H,22,23). The van der Waals surface area contributed by atoms with Crippen molar-refractivity contribution in [2.45, 2.75) is 0 Å². The summed E-state index contributed by atoms with van der Waals surface area (Å²) in [4.78, 5) is 4.67. The Bertz CT molecular complexity index is 1120. The molecule has 0 aliphatic rings. The Morgan fingerprint density at radius 1 is 1.08 bits per heavy atom. The van der Waals surface area contributed by atoms with Gasteiger partial charge in [-0.1, -0.05) is 6.07 Å². The van der Waals surface area contributed by atoms with E-state index in [0.717, 1.165) is 11.0 Å². The first kappa shape index (κ1) is 14.9. The molecule has 7 heteroatoms. The van der Waals surface area contributed by atoms with Gasteiger partial charge >= 0.3 is 0 Å². The summed E-state index contributed by atoms with van der Waals surface area (Å²) in [5, 5.41) is 6.69. The molecule has 4 aromatic rings. The molecule has 0 aliphatic heterocycles. The first-order valence-corrected chi connectivity index (χ1v) is 7.63. The molecule has 2 aromatic carbocycles. The lowest BCUT2D eigenvalue weighted by molar-refractivity contribution is 0.628. The highest BCUT2D eigenvalue weighted by Crippen LogP contribution is 2.26. The molecule has 124 valence electrons. The van der Waals surface area contributed by atoms with E-state index in [4.69, 9.17) is 11.6 Å². The van der Waals surface area contributed by atoms with Crippen LogP contribution in [0, 0.1) is 5.82 Å². The maximum Gasteiger partial charge on any atom is 0.155 e. The van der Waals surface area contributed by atoms with E-state index < -0.39 is 0 Å². The van der Waals surface area contributed by atoms with Crippen LogP contribution >= 0.6 is 0 Å². The number of fused-ring (bicyclic) bond motifs is 3. The van der Waals surface area contributed by atoms with Crippen LogP contribution in [0.3, 0.4) is 0 Å². The van der Waals surface area contributed by atoms with Crippen LogP contribution < -0.4 is 16.9 Å². The Kier molecular flexibility index (Phi) is 3.46. The van der Waals surface area contributed by atoms with Crippen LogP contribution in [0.1, 0.15) is 5.56 Å². The summed E-state index contributed by atoms with van der Waals surface area (Å²) in [6, 6.07) is 15.7. The molecular weight excluding hydrogens is 319 g/mol. The normalized spacial score (nSPS) is 12.0.